The van der Waals surface area contributed by atoms with Crippen molar-refractivity contribution in [3.8, 4) is 0 Å². The van der Waals surface area contributed by atoms with Crippen LogP contribution in [0, 0.1) is 0 Å². The minimum Gasteiger partial charge on any atom is -0.480 e. The van der Waals surface area contributed by atoms with Crippen molar-refractivity contribution in [2.45, 2.75) is 13.0 Å². The van der Waals surface area contributed by atoms with Gasteiger partial charge < -0.3 is 15.7 Å². The Morgan fingerprint density at radius 1 is 1.29 bits per heavy atom. The highest BCUT2D eigenvalue weighted by molar-refractivity contribution is 9.10. The Bertz CT molecular complexity index is 556. The topological polar surface area (TPSA) is 86.9 Å². The molecule has 1 aliphatic heterocycles. The number of carboxylic acids is 1. The molecule has 1 aromatic carbocycles. The molecule has 1 aliphatic rings. The number of rotatable bonds is 4. The molecular weight excluding hydrogens is 338 g/mol. The molecule has 1 saturated heterocycles. The molecule has 3 N–H and O–H groups in total. The average Bonchev–Trinajstić information content (AvgIpc) is 2.46. The lowest BCUT2D eigenvalue weighted by Gasteiger charge is -2.38. The SMILES string of the molecule is CC(C(=O)O)N1CCN(c2ccc(Br)cc2C(N)=O)CC1. The highest BCUT2D eigenvalue weighted by Gasteiger charge is 2.26. The van der Waals surface area contributed by atoms with Gasteiger partial charge in [0.2, 0.25) is 0 Å². The number of nitrogens with zero attached hydrogens (tertiary/aromatic N) is 2. The molecule has 0 saturated carbocycles. The van der Waals surface area contributed by atoms with Gasteiger partial charge in [-0.1, -0.05) is 15.9 Å². The van der Waals surface area contributed by atoms with Crippen LogP contribution in [-0.4, -0.2) is 54.1 Å². The minimum absolute atomic E-state index is 0.465. The zero-order chi connectivity index (χ0) is 15.6. The van der Waals surface area contributed by atoms with E-state index in [1.54, 1.807) is 13.0 Å². The number of aliphatic carboxylic acids is 1. The number of primary amides is 1. The molecular formula is C14H18BrN3O3. The predicted octanol–water partition coefficient (Wildman–Crippen LogP) is 1.14. The van der Waals surface area contributed by atoms with E-state index < -0.39 is 17.9 Å². The lowest BCUT2D eigenvalue weighted by Crippen LogP contribution is -2.52. The molecule has 1 heterocycles. The molecule has 0 bridgehead atoms. The summed E-state index contributed by atoms with van der Waals surface area (Å²) < 4.78 is 0.804. The Kier molecular flexibility index (Phi) is 4.84. The van der Waals surface area contributed by atoms with E-state index in [4.69, 9.17) is 10.8 Å². The number of amides is 1. The first-order chi connectivity index (χ1) is 9.90. The van der Waals surface area contributed by atoms with Crippen LogP contribution in [0.2, 0.25) is 0 Å². The van der Waals surface area contributed by atoms with Crippen molar-refractivity contribution in [3.63, 3.8) is 0 Å². The second kappa shape index (κ2) is 6.44. The smallest absolute Gasteiger partial charge is 0.320 e. The zero-order valence-corrected chi connectivity index (χ0v) is 13.3. The third-order valence-corrected chi connectivity index (χ3v) is 4.28. The van der Waals surface area contributed by atoms with Gasteiger partial charge in [0.05, 0.1) is 5.56 Å². The van der Waals surface area contributed by atoms with Crippen LogP contribution in [0.15, 0.2) is 22.7 Å². The number of piperazine rings is 1. The Morgan fingerprint density at radius 2 is 1.90 bits per heavy atom. The molecule has 7 heteroatoms. The summed E-state index contributed by atoms with van der Waals surface area (Å²) in [4.78, 5) is 26.6. The van der Waals surface area contributed by atoms with E-state index in [0.717, 1.165) is 10.2 Å². The fraction of sp³-hybridized carbons (Fsp3) is 0.429. The summed E-state index contributed by atoms with van der Waals surface area (Å²) in [5, 5.41) is 9.04. The number of carbonyl (C=O) groups excluding carboxylic acids is 1. The summed E-state index contributed by atoms with van der Waals surface area (Å²) in [6, 6.07) is 4.95. The molecule has 0 radical (unpaired) electrons. The van der Waals surface area contributed by atoms with Crippen LogP contribution in [0.5, 0.6) is 0 Å². The molecule has 21 heavy (non-hydrogen) atoms. The fourth-order valence-electron chi connectivity index (χ4n) is 2.49. The Balaban J connectivity index is 2.12. The highest BCUT2D eigenvalue weighted by Crippen LogP contribution is 2.25. The summed E-state index contributed by atoms with van der Waals surface area (Å²) in [6.07, 6.45) is 0. The average molecular weight is 356 g/mol. The van der Waals surface area contributed by atoms with Crippen LogP contribution >= 0.6 is 15.9 Å². The van der Waals surface area contributed by atoms with Gasteiger partial charge in [-0.25, -0.2) is 0 Å². The molecule has 1 unspecified atom stereocenters. The number of hydrogen-bond acceptors (Lipinski definition) is 4. The zero-order valence-electron chi connectivity index (χ0n) is 11.8. The Labute approximate surface area is 131 Å². The quantitative estimate of drug-likeness (QED) is 0.845. The maximum absolute atomic E-state index is 11.6. The highest BCUT2D eigenvalue weighted by atomic mass is 79.9. The van der Waals surface area contributed by atoms with Gasteiger partial charge in [0.15, 0.2) is 0 Å². The number of anilines is 1. The number of nitrogens with two attached hydrogens (primary N) is 1. The van der Waals surface area contributed by atoms with Crippen molar-refractivity contribution in [1.82, 2.24) is 4.90 Å². The molecule has 1 fully saturated rings. The van der Waals surface area contributed by atoms with Crippen molar-refractivity contribution in [3.05, 3.63) is 28.2 Å². The van der Waals surface area contributed by atoms with Crippen molar-refractivity contribution < 1.29 is 14.7 Å². The van der Waals surface area contributed by atoms with Crippen LogP contribution in [-0.2, 0) is 4.79 Å². The summed E-state index contributed by atoms with van der Waals surface area (Å²) in [7, 11) is 0. The first-order valence-electron chi connectivity index (χ1n) is 6.71. The van der Waals surface area contributed by atoms with Crippen LogP contribution in [0.25, 0.3) is 0 Å². The van der Waals surface area contributed by atoms with Crippen LogP contribution in [0.4, 0.5) is 5.69 Å². The van der Waals surface area contributed by atoms with E-state index in [1.165, 1.54) is 0 Å². The second-order valence-corrected chi connectivity index (χ2v) is 5.98. The van der Waals surface area contributed by atoms with Gasteiger partial charge in [-0.05, 0) is 25.1 Å². The van der Waals surface area contributed by atoms with E-state index in [-0.39, 0.29) is 0 Å². The molecule has 1 amide bonds. The number of benzene rings is 1. The fourth-order valence-corrected chi connectivity index (χ4v) is 2.85. The summed E-state index contributed by atoms with van der Waals surface area (Å²) in [5.74, 6) is -1.28. The molecule has 114 valence electrons. The molecule has 1 atom stereocenters. The van der Waals surface area contributed by atoms with E-state index in [1.807, 2.05) is 17.0 Å². The molecule has 1 aromatic rings. The van der Waals surface area contributed by atoms with Crippen molar-refractivity contribution in [2.24, 2.45) is 5.73 Å². The molecule has 0 spiro atoms. The van der Waals surface area contributed by atoms with Gasteiger partial charge in [-0.3, -0.25) is 14.5 Å². The number of hydrogen-bond donors (Lipinski definition) is 2. The van der Waals surface area contributed by atoms with Crippen LogP contribution < -0.4 is 10.6 Å². The number of carbonyl (C=O) groups is 2. The van der Waals surface area contributed by atoms with Gasteiger partial charge in [0.1, 0.15) is 6.04 Å². The van der Waals surface area contributed by atoms with E-state index in [9.17, 15) is 9.59 Å². The van der Waals surface area contributed by atoms with Gasteiger partial charge in [0.25, 0.3) is 5.91 Å². The standard InChI is InChI=1S/C14H18BrN3O3/c1-9(14(20)21)17-4-6-18(7-5-17)12-3-2-10(15)8-11(12)13(16)19/h2-3,8-9H,4-7H2,1H3,(H2,16,19)(H,20,21). The van der Waals surface area contributed by atoms with Gasteiger partial charge in [-0.15, -0.1) is 0 Å². The molecule has 0 aromatic heterocycles. The van der Waals surface area contributed by atoms with E-state index in [0.29, 0.717) is 31.7 Å². The summed E-state index contributed by atoms with van der Waals surface area (Å²) >= 11 is 3.33. The van der Waals surface area contributed by atoms with Crippen molar-refractivity contribution in [1.29, 1.82) is 0 Å². The third-order valence-electron chi connectivity index (χ3n) is 3.78. The maximum Gasteiger partial charge on any atom is 0.320 e. The lowest BCUT2D eigenvalue weighted by molar-refractivity contribution is -0.142. The Hall–Kier alpha value is -1.60. The van der Waals surface area contributed by atoms with Gasteiger partial charge >= 0.3 is 5.97 Å². The van der Waals surface area contributed by atoms with Crippen LogP contribution in [0.1, 0.15) is 17.3 Å². The molecule has 2 rings (SSSR count). The Morgan fingerprint density at radius 3 is 2.43 bits per heavy atom. The van der Waals surface area contributed by atoms with Crippen molar-refractivity contribution >= 4 is 33.5 Å². The first-order valence-corrected chi connectivity index (χ1v) is 7.50. The normalized spacial score (nSPS) is 17.5. The predicted molar refractivity (Wildman–Crippen MR) is 83.5 cm³/mol. The molecule has 0 aliphatic carbocycles. The maximum atomic E-state index is 11.6. The van der Waals surface area contributed by atoms with Gasteiger partial charge in [0, 0.05) is 36.3 Å². The minimum atomic E-state index is -0.815. The summed E-state index contributed by atoms with van der Waals surface area (Å²) in [5.41, 5.74) is 6.71. The second-order valence-electron chi connectivity index (χ2n) is 5.06. The van der Waals surface area contributed by atoms with Gasteiger partial charge in [-0.2, -0.15) is 0 Å². The van der Waals surface area contributed by atoms with E-state index >= 15 is 0 Å². The largest absolute Gasteiger partial charge is 0.480 e. The number of carboxylic acid groups (broad SMARTS) is 1. The van der Waals surface area contributed by atoms with Crippen molar-refractivity contribution in [2.75, 3.05) is 31.1 Å². The lowest BCUT2D eigenvalue weighted by atomic mass is 10.1. The van der Waals surface area contributed by atoms with E-state index in [2.05, 4.69) is 20.8 Å². The monoisotopic (exact) mass is 355 g/mol. The van der Waals surface area contributed by atoms with Crippen LogP contribution in [0.3, 0.4) is 0 Å². The molecule has 6 nitrogen and oxygen atoms in total. The summed E-state index contributed by atoms with van der Waals surface area (Å²) in [6.45, 7) is 4.30. The number of halogens is 1. The first kappa shape index (κ1) is 15.8. The third kappa shape index (κ3) is 3.54.